The molecule has 144 valence electrons. The number of aryl methyl sites for hydroxylation is 1. The summed E-state index contributed by atoms with van der Waals surface area (Å²) < 4.78 is 1.86. The first kappa shape index (κ1) is 18.8. The first-order valence-corrected chi connectivity index (χ1v) is 10.2. The van der Waals surface area contributed by atoms with Crippen molar-refractivity contribution in [2.45, 2.75) is 38.1 Å². The van der Waals surface area contributed by atoms with Gasteiger partial charge in [0.25, 0.3) is 0 Å². The average Bonchev–Trinajstić information content (AvgIpc) is 3.38. The highest BCUT2D eigenvalue weighted by Gasteiger charge is 2.28. The molecule has 1 aliphatic rings. The number of likely N-dealkylation sites (tertiary alicyclic amines) is 1. The monoisotopic (exact) mass is 393 g/mol. The van der Waals surface area contributed by atoms with Gasteiger partial charge in [-0.2, -0.15) is 5.10 Å². The first-order chi connectivity index (χ1) is 13.7. The van der Waals surface area contributed by atoms with Gasteiger partial charge in [-0.25, -0.2) is 4.68 Å². The standard InChI is InChI=1S/C23H24ClN3O/c24-22-11-5-4-7-19(22)15-21-10-6-14-26(21)23(28)13-12-18-16-25-27(17-18)20-8-2-1-3-9-20/h1-5,7-9,11,16-17,21H,6,10,12-15H2. The minimum atomic E-state index is 0.224. The third kappa shape index (κ3) is 4.28. The smallest absolute Gasteiger partial charge is 0.223 e. The zero-order valence-electron chi connectivity index (χ0n) is 15.8. The molecule has 3 aromatic rings. The van der Waals surface area contributed by atoms with Crippen molar-refractivity contribution >= 4 is 17.5 Å². The zero-order valence-corrected chi connectivity index (χ0v) is 16.6. The van der Waals surface area contributed by atoms with Crippen LogP contribution in [0, 0.1) is 0 Å². The molecule has 1 aromatic heterocycles. The molecule has 1 fully saturated rings. The summed E-state index contributed by atoms with van der Waals surface area (Å²) in [6.07, 6.45) is 8.02. The second-order valence-electron chi connectivity index (χ2n) is 7.31. The summed E-state index contributed by atoms with van der Waals surface area (Å²) in [7, 11) is 0. The number of nitrogens with zero attached hydrogens (tertiary/aromatic N) is 3. The predicted molar refractivity (Wildman–Crippen MR) is 112 cm³/mol. The van der Waals surface area contributed by atoms with E-state index in [0.29, 0.717) is 12.8 Å². The van der Waals surface area contributed by atoms with Crippen LogP contribution in [-0.4, -0.2) is 33.2 Å². The molecular weight excluding hydrogens is 370 g/mol. The van der Waals surface area contributed by atoms with E-state index in [1.54, 1.807) is 0 Å². The number of aromatic nitrogens is 2. The van der Waals surface area contributed by atoms with Gasteiger partial charge in [0.15, 0.2) is 0 Å². The molecule has 1 saturated heterocycles. The molecule has 0 radical (unpaired) electrons. The highest BCUT2D eigenvalue weighted by atomic mass is 35.5. The number of para-hydroxylation sites is 1. The summed E-state index contributed by atoms with van der Waals surface area (Å²) in [5.41, 5.74) is 3.23. The van der Waals surface area contributed by atoms with Crippen LogP contribution in [-0.2, 0) is 17.6 Å². The van der Waals surface area contributed by atoms with E-state index in [2.05, 4.69) is 11.2 Å². The third-order valence-corrected chi connectivity index (χ3v) is 5.76. The Morgan fingerprint density at radius 3 is 2.71 bits per heavy atom. The summed E-state index contributed by atoms with van der Waals surface area (Å²) in [4.78, 5) is 14.9. The van der Waals surface area contributed by atoms with Crippen LogP contribution in [0.25, 0.3) is 5.69 Å². The predicted octanol–water partition coefficient (Wildman–Crippen LogP) is 4.69. The van der Waals surface area contributed by atoms with Gasteiger partial charge in [0.05, 0.1) is 11.9 Å². The Hall–Kier alpha value is -2.59. The molecule has 2 aromatic carbocycles. The lowest BCUT2D eigenvalue weighted by molar-refractivity contribution is -0.131. The normalized spacial score (nSPS) is 16.5. The van der Waals surface area contributed by atoms with Gasteiger partial charge in [-0.1, -0.05) is 48.0 Å². The fourth-order valence-electron chi connectivity index (χ4n) is 3.90. The number of hydrogen-bond acceptors (Lipinski definition) is 2. The van der Waals surface area contributed by atoms with Crippen molar-refractivity contribution in [2.24, 2.45) is 0 Å². The Balaban J connectivity index is 1.36. The zero-order chi connectivity index (χ0) is 19.3. The van der Waals surface area contributed by atoms with E-state index < -0.39 is 0 Å². The molecule has 2 heterocycles. The fourth-order valence-corrected chi connectivity index (χ4v) is 4.11. The van der Waals surface area contributed by atoms with E-state index in [9.17, 15) is 4.79 Å². The first-order valence-electron chi connectivity index (χ1n) is 9.82. The van der Waals surface area contributed by atoms with Gasteiger partial charge in [-0.3, -0.25) is 4.79 Å². The second-order valence-corrected chi connectivity index (χ2v) is 7.71. The Bertz CT molecular complexity index is 938. The minimum absolute atomic E-state index is 0.224. The van der Waals surface area contributed by atoms with E-state index in [-0.39, 0.29) is 11.9 Å². The van der Waals surface area contributed by atoms with Crippen molar-refractivity contribution in [3.8, 4) is 5.69 Å². The Labute approximate surface area is 170 Å². The van der Waals surface area contributed by atoms with Crippen LogP contribution in [0.15, 0.2) is 67.0 Å². The van der Waals surface area contributed by atoms with Crippen molar-refractivity contribution in [3.63, 3.8) is 0 Å². The van der Waals surface area contributed by atoms with Crippen molar-refractivity contribution in [1.82, 2.24) is 14.7 Å². The van der Waals surface area contributed by atoms with Crippen molar-refractivity contribution in [3.05, 3.63) is 83.1 Å². The number of halogens is 1. The minimum Gasteiger partial charge on any atom is -0.339 e. The molecule has 1 amide bonds. The van der Waals surface area contributed by atoms with Gasteiger partial charge in [0.2, 0.25) is 5.91 Å². The number of carbonyl (C=O) groups excluding carboxylic acids is 1. The van der Waals surface area contributed by atoms with Crippen LogP contribution < -0.4 is 0 Å². The topological polar surface area (TPSA) is 38.1 Å². The molecule has 5 heteroatoms. The molecule has 0 spiro atoms. The molecule has 0 bridgehead atoms. The van der Waals surface area contributed by atoms with E-state index in [1.165, 1.54) is 0 Å². The van der Waals surface area contributed by atoms with Gasteiger partial charge in [-0.15, -0.1) is 0 Å². The highest BCUT2D eigenvalue weighted by molar-refractivity contribution is 6.31. The third-order valence-electron chi connectivity index (χ3n) is 5.40. The molecule has 1 atom stereocenters. The van der Waals surface area contributed by atoms with Gasteiger partial charge in [0, 0.05) is 30.2 Å². The van der Waals surface area contributed by atoms with Crippen molar-refractivity contribution in [1.29, 1.82) is 0 Å². The molecule has 0 N–H and O–H groups in total. The SMILES string of the molecule is O=C(CCc1cnn(-c2ccccc2)c1)N1CCCC1Cc1ccccc1Cl. The lowest BCUT2D eigenvalue weighted by atomic mass is 10.0. The van der Waals surface area contributed by atoms with Gasteiger partial charge >= 0.3 is 0 Å². The van der Waals surface area contributed by atoms with Crippen LogP contribution >= 0.6 is 11.6 Å². The number of rotatable bonds is 6. The largest absolute Gasteiger partial charge is 0.339 e. The van der Waals surface area contributed by atoms with E-state index in [0.717, 1.165) is 47.6 Å². The van der Waals surface area contributed by atoms with Gasteiger partial charge < -0.3 is 4.90 Å². The molecule has 28 heavy (non-hydrogen) atoms. The maximum Gasteiger partial charge on any atom is 0.223 e. The van der Waals surface area contributed by atoms with Crippen molar-refractivity contribution in [2.75, 3.05) is 6.54 Å². The van der Waals surface area contributed by atoms with Crippen LogP contribution in [0.2, 0.25) is 5.02 Å². The summed E-state index contributed by atoms with van der Waals surface area (Å²) >= 11 is 6.31. The Kier molecular flexibility index (Phi) is 5.77. The molecule has 1 unspecified atom stereocenters. The summed E-state index contributed by atoms with van der Waals surface area (Å²) in [5, 5.41) is 5.21. The molecule has 4 nitrogen and oxygen atoms in total. The van der Waals surface area contributed by atoms with E-state index >= 15 is 0 Å². The van der Waals surface area contributed by atoms with Crippen LogP contribution in [0.4, 0.5) is 0 Å². The highest BCUT2D eigenvalue weighted by Crippen LogP contribution is 2.25. The summed E-state index contributed by atoms with van der Waals surface area (Å²) in [6.45, 7) is 0.844. The van der Waals surface area contributed by atoms with E-state index in [1.807, 2.05) is 70.5 Å². The van der Waals surface area contributed by atoms with E-state index in [4.69, 9.17) is 11.6 Å². The summed E-state index contributed by atoms with van der Waals surface area (Å²) in [5.74, 6) is 0.224. The second kappa shape index (κ2) is 8.61. The maximum absolute atomic E-state index is 12.8. The maximum atomic E-state index is 12.8. The number of carbonyl (C=O) groups is 1. The molecule has 0 aliphatic carbocycles. The lowest BCUT2D eigenvalue weighted by Crippen LogP contribution is -2.37. The van der Waals surface area contributed by atoms with Crippen molar-refractivity contribution < 1.29 is 4.79 Å². The molecular formula is C23H24ClN3O. The fraction of sp³-hybridized carbons (Fsp3) is 0.304. The molecule has 4 rings (SSSR count). The molecule has 0 saturated carbocycles. The van der Waals surface area contributed by atoms with Crippen LogP contribution in [0.3, 0.4) is 0 Å². The quantitative estimate of drug-likeness (QED) is 0.609. The number of benzene rings is 2. The molecule has 1 aliphatic heterocycles. The van der Waals surface area contributed by atoms with Gasteiger partial charge in [0.1, 0.15) is 0 Å². The average molecular weight is 394 g/mol. The van der Waals surface area contributed by atoms with Gasteiger partial charge in [-0.05, 0) is 55.0 Å². The number of hydrogen-bond donors (Lipinski definition) is 0. The van der Waals surface area contributed by atoms with Crippen LogP contribution in [0.1, 0.15) is 30.4 Å². The number of amides is 1. The van der Waals surface area contributed by atoms with Crippen LogP contribution in [0.5, 0.6) is 0 Å². The summed E-state index contributed by atoms with van der Waals surface area (Å²) in [6, 6.07) is 18.2. The Morgan fingerprint density at radius 2 is 1.89 bits per heavy atom. The Morgan fingerprint density at radius 1 is 1.11 bits per heavy atom. The lowest BCUT2D eigenvalue weighted by Gasteiger charge is -2.25.